The predicted molar refractivity (Wildman–Crippen MR) is 105 cm³/mol. The van der Waals surface area contributed by atoms with Gasteiger partial charge in [-0.15, -0.1) is 0 Å². The lowest BCUT2D eigenvalue weighted by atomic mass is 10.1. The number of hydrogen-bond acceptors (Lipinski definition) is 4. The molecular formula is C19H18Cl2N4. The lowest BCUT2D eigenvalue weighted by Crippen LogP contribution is -2.10. The second-order valence-electron chi connectivity index (χ2n) is 5.75. The summed E-state index contributed by atoms with van der Waals surface area (Å²) in [6.07, 6.45) is 0. The second-order valence-corrected chi connectivity index (χ2v) is 6.56. The minimum Gasteiger partial charge on any atom is -0.348 e. The Kier molecular flexibility index (Phi) is 5.41. The van der Waals surface area contributed by atoms with Crippen molar-refractivity contribution in [2.75, 3.05) is 10.6 Å². The van der Waals surface area contributed by atoms with Crippen LogP contribution in [0.25, 0.3) is 0 Å². The standard InChI is InChI=1S/C19H18Cl2N4/c1-12-10-18(24-15-8-9-16(20)17(21)11-15)25-19(22-12)23-13(2)14-6-4-3-5-7-14/h3-11,13H,1-2H3,(H2,22,23,24,25). The van der Waals surface area contributed by atoms with Crippen molar-refractivity contribution in [3.05, 3.63) is 75.9 Å². The maximum Gasteiger partial charge on any atom is 0.225 e. The van der Waals surface area contributed by atoms with Crippen LogP contribution >= 0.6 is 23.2 Å². The topological polar surface area (TPSA) is 49.8 Å². The fourth-order valence-corrected chi connectivity index (χ4v) is 2.74. The average Bonchev–Trinajstić information content (AvgIpc) is 2.58. The largest absolute Gasteiger partial charge is 0.348 e. The molecule has 6 heteroatoms. The summed E-state index contributed by atoms with van der Waals surface area (Å²) < 4.78 is 0. The first-order valence-electron chi connectivity index (χ1n) is 7.90. The van der Waals surface area contributed by atoms with Gasteiger partial charge in [0.1, 0.15) is 5.82 Å². The summed E-state index contributed by atoms with van der Waals surface area (Å²) in [4.78, 5) is 9.00. The van der Waals surface area contributed by atoms with Crippen molar-refractivity contribution >= 4 is 40.7 Å². The van der Waals surface area contributed by atoms with Crippen LogP contribution in [0.4, 0.5) is 17.5 Å². The zero-order valence-corrected chi connectivity index (χ0v) is 15.4. The summed E-state index contributed by atoms with van der Waals surface area (Å²) in [5.41, 5.74) is 2.85. The van der Waals surface area contributed by atoms with Gasteiger partial charge in [-0.05, 0) is 37.6 Å². The Morgan fingerprint density at radius 3 is 2.40 bits per heavy atom. The van der Waals surface area contributed by atoms with Crippen molar-refractivity contribution in [2.45, 2.75) is 19.9 Å². The summed E-state index contributed by atoms with van der Waals surface area (Å²) in [6.45, 7) is 4.01. The summed E-state index contributed by atoms with van der Waals surface area (Å²) in [5, 5.41) is 7.58. The third-order valence-corrected chi connectivity index (χ3v) is 4.43. The lowest BCUT2D eigenvalue weighted by Gasteiger charge is -2.15. The third kappa shape index (κ3) is 4.62. The molecule has 0 saturated carbocycles. The van der Waals surface area contributed by atoms with Gasteiger partial charge in [-0.25, -0.2) is 4.98 Å². The molecule has 0 saturated heterocycles. The zero-order valence-electron chi connectivity index (χ0n) is 13.9. The molecule has 2 aromatic carbocycles. The molecule has 2 N–H and O–H groups in total. The maximum absolute atomic E-state index is 6.06. The molecule has 0 bridgehead atoms. The van der Waals surface area contributed by atoms with Crippen molar-refractivity contribution in [3.8, 4) is 0 Å². The molecule has 0 amide bonds. The van der Waals surface area contributed by atoms with E-state index < -0.39 is 0 Å². The molecule has 1 unspecified atom stereocenters. The van der Waals surface area contributed by atoms with Gasteiger partial charge in [0.15, 0.2) is 0 Å². The molecule has 128 valence electrons. The highest BCUT2D eigenvalue weighted by Crippen LogP contribution is 2.27. The molecule has 0 radical (unpaired) electrons. The minimum absolute atomic E-state index is 0.0980. The van der Waals surface area contributed by atoms with Gasteiger partial charge in [0, 0.05) is 17.4 Å². The van der Waals surface area contributed by atoms with Gasteiger partial charge >= 0.3 is 0 Å². The van der Waals surface area contributed by atoms with Crippen LogP contribution in [-0.2, 0) is 0 Å². The van der Waals surface area contributed by atoms with Crippen molar-refractivity contribution in [1.29, 1.82) is 0 Å². The van der Waals surface area contributed by atoms with Crippen molar-refractivity contribution in [2.24, 2.45) is 0 Å². The van der Waals surface area contributed by atoms with Gasteiger partial charge in [-0.3, -0.25) is 0 Å². The molecule has 0 aliphatic heterocycles. The van der Waals surface area contributed by atoms with Gasteiger partial charge in [-0.1, -0.05) is 53.5 Å². The van der Waals surface area contributed by atoms with Crippen LogP contribution < -0.4 is 10.6 Å². The fourth-order valence-electron chi connectivity index (χ4n) is 2.44. The number of nitrogens with zero attached hydrogens (tertiary/aromatic N) is 2. The zero-order chi connectivity index (χ0) is 17.8. The normalized spacial score (nSPS) is 11.8. The average molecular weight is 373 g/mol. The Labute approximate surface area is 157 Å². The van der Waals surface area contributed by atoms with Crippen LogP contribution in [0.15, 0.2) is 54.6 Å². The quantitative estimate of drug-likeness (QED) is 0.575. The number of aromatic nitrogens is 2. The van der Waals surface area contributed by atoms with Crippen molar-refractivity contribution in [1.82, 2.24) is 9.97 Å². The van der Waals surface area contributed by atoms with Gasteiger partial charge in [0.2, 0.25) is 5.95 Å². The minimum atomic E-state index is 0.0980. The van der Waals surface area contributed by atoms with Gasteiger partial charge < -0.3 is 10.6 Å². The lowest BCUT2D eigenvalue weighted by molar-refractivity contribution is 0.858. The molecule has 1 atom stereocenters. The number of halogens is 2. The first kappa shape index (κ1) is 17.5. The molecule has 4 nitrogen and oxygen atoms in total. The number of nitrogens with one attached hydrogen (secondary N) is 2. The molecule has 25 heavy (non-hydrogen) atoms. The van der Waals surface area contributed by atoms with E-state index in [1.165, 1.54) is 5.56 Å². The summed E-state index contributed by atoms with van der Waals surface area (Å²) in [5.74, 6) is 1.26. The molecule has 0 fully saturated rings. The van der Waals surface area contributed by atoms with Crippen molar-refractivity contribution < 1.29 is 0 Å². The number of benzene rings is 2. The summed E-state index contributed by atoms with van der Waals surface area (Å²) in [6, 6.07) is 17.5. The second kappa shape index (κ2) is 7.72. The highest BCUT2D eigenvalue weighted by atomic mass is 35.5. The highest BCUT2D eigenvalue weighted by molar-refractivity contribution is 6.42. The van der Waals surface area contributed by atoms with E-state index in [2.05, 4.69) is 39.7 Å². The number of anilines is 3. The maximum atomic E-state index is 6.06. The van der Waals surface area contributed by atoms with Crippen LogP contribution in [-0.4, -0.2) is 9.97 Å². The smallest absolute Gasteiger partial charge is 0.225 e. The Hall–Kier alpha value is -2.30. The van der Waals surface area contributed by atoms with Gasteiger partial charge in [-0.2, -0.15) is 4.98 Å². The van der Waals surface area contributed by atoms with E-state index in [0.29, 0.717) is 21.8 Å². The molecule has 1 aromatic heterocycles. The molecule has 1 heterocycles. The Bertz CT molecular complexity index is 869. The van der Waals surface area contributed by atoms with E-state index in [0.717, 1.165) is 11.4 Å². The number of aryl methyl sites for hydroxylation is 1. The van der Waals surface area contributed by atoms with Crippen molar-refractivity contribution in [3.63, 3.8) is 0 Å². The molecular weight excluding hydrogens is 355 g/mol. The first-order valence-corrected chi connectivity index (χ1v) is 8.66. The van der Waals surface area contributed by atoms with Crippen LogP contribution in [0.5, 0.6) is 0 Å². The number of rotatable bonds is 5. The van der Waals surface area contributed by atoms with Gasteiger partial charge in [0.25, 0.3) is 0 Å². The molecule has 0 aliphatic carbocycles. The van der Waals surface area contributed by atoms with E-state index in [9.17, 15) is 0 Å². The summed E-state index contributed by atoms with van der Waals surface area (Å²) >= 11 is 12.0. The SMILES string of the molecule is Cc1cc(Nc2ccc(Cl)c(Cl)c2)nc(NC(C)c2ccccc2)n1. The Morgan fingerprint density at radius 2 is 1.68 bits per heavy atom. The fraction of sp³-hybridized carbons (Fsp3) is 0.158. The number of hydrogen-bond donors (Lipinski definition) is 2. The Morgan fingerprint density at radius 1 is 0.920 bits per heavy atom. The third-order valence-electron chi connectivity index (χ3n) is 3.69. The molecule has 0 spiro atoms. The van der Waals surface area contributed by atoms with Crippen LogP contribution in [0.1, 0.15) is 24.2 Å². The predicted octanol–water partition coefficient (Wildman–Crippen LogP) is 6.01. The molecule has 0 aliphatic rings. The van der Waals surface area contributed by atoms with Crippen LogP contribution in [0, 0.1) is 6.92 Å². The first-order chi connectivity index (χ1) is 12.0. The Balaban J connectivity index is 1.79. The van der Waals surface area contributed by atoms with Crippen LogP contribution in [0.3, 0.4) is 0 Å². The monoisotopic (exact) mass is 372 g/mol. The van der Waals surface area contributed by atoms with E-state index in [-0.39, 0.29) is 6.04 Å². The van der Waals surface area contributed by atoms with E-state index in [1.807, 2.05) is 37.3 Å². The van der Waals surface area contributed by atoms with E-state index in [1.54, 1.807) is 12.1 Å². The molecule has 3 rings (SSSR count). The van der Waals surface area contributed by atoms with Crippen LogP contribution in [0.2, 0.25) is 10.0 Å². The molecule has 3 aromatic rings. The summed E-state index contributed by atoms with van der Waals surface area (Å²) in [7, 11) is 0. The van der Waals surface area contributed by atoms with Gasteiger partial charge in [0.05, 0.1) is 16.1 Å². The highest BCUT2D eigenvalue weighted by Gasteiger charge is 2.09. The van der Waals surface area contributed by atoms with E-state index in [4.69, 9.17) is 23.2 Å². The van der Waals surface area contributed by atoms with E-state index >= 15 is 0 Å².